The molecule has 0 aromatic heterocycles. The fourth-order valence-corrected chi connectivity index (χ4v) is 3.76. The maximum atomic E-state index is 12.3. The molecule has 1 saturated carbocycles. The Hall–Kier alpha value is -1.14. The monoisotopic (exact) mass is 311 g/mol. The van der Waals surface area contributed by atoms with E-state index in [1.165, 1.54) is 7.11 Å². The Labute approximate surface area is 132 Å². The Morgan fingerprint density at radius 3 is 2.55 bits per heavy atom. The minimum atomic E-state index is -0.408. The summed E-state index contributed by atoms with van der Waals surface area (Å²) in [7, 11) is 3.52. The third-order valence-electron chi connectivity index (χ3n) is 5.36. The minimum absolute atomic E-state index is 0.0189. The predicted octanol–water partition coefficient (Wildman–Crippen LogP) is 0.597. The predicted molar refractivity (Wildman–Crippen MR) is 84.1 cm³/mol. The summed E-state index contributed by atoms with van der Waals surface area (Å²) >= 11 is 0. The van der Waals surface area contributed by atoms with Crippen LogP contribution in [0.5, 0.6) is 0 Å². The smallest absolute Gasteiger partial charge is 0.310 e. The van der Waals surface area contributed by atoms with Crippen LogP contribution in [-0.2, 0) is 14.3 Å². The first-order chi connectivity index (χ1) is 10.4. The molecule has 2 fully saturated rings. The molecule has 2 N–H and O–H groups in total. The van der Waals surface area contributed by atoms with Crippen LogP contribution >= 0.6 is 0 Å². The Balaban J connectivity index is 2.14. The molecule has 1 amide bonds. The summed E-state index contributed by atoms with van der Waals surface area (Å²) in [5.74, 6) is -0.478. The summed E-state index contributed by atoms with van der Waals surface area (Å²) < 4.78 is 5.00. The van der Waals surface area contributed by atoms with Gasteiger partial charge in [-0.2, -0.15) is 0 Å². The van der Waals surface area contributed by atoms with E-state index in [9.17, 15) is 9.59 Å². The van der Waals surface area contributed by atoms with E-state index in [4.69, 9.17) is 10.5 Å². The van der Waals surface area contributed by atoms with E-state index in [0.29, 0.717) is 25.0 Å². The highest BCUT2D eigenvalue weighted by Gasteiger charge is 2.44. The zero-order chi connectivity index (χ0) is 16.4. The number of rotatable bonds is 4. The molecular weight excluding hydrogens is 282 g/mol. The van der Waals surface area contributed by atoms with Crippen LogP contribution in [0.25, 0.3) is 0 Å². The molecule has 6 nitrogen and oxygen atoms in total. The highest BCUT2D eigenvalue weighted by molar-refractivity contribution is 5.85. The fourth-order valence-electron chi connectivity index (χ4n) is 3.76. The summed E-state index contributed by atoms with van der Waals surface area (Å²) in [5.41, 5.74) is 5.83. The molecule has 6 heteroatoms. The number of hydrogen-bond acceptors (Lipinski definition) is 5. The van der Waals surface area contributed by atoms with Crippen LogP contribution in [0.15, 0.2) is 0 Å². The van der Waals surface area contributed by atoms with Crippen LogP contribution < -0.4 is 5.73 Å². The quantitative estimate of drug-likeness (QED) is 0.769. The van der Waals surface area contributed by atoms with Crippen molar-refractivity contribution in [2.45, 2.75) is 63.7 Å². The Morgan fingerprint density at radius 2 is 2.05 bits per heavy atom. The average Bonchev–Trinajstić information content (AvgIpc) is 2.84. The van der Waals surface area contributed by atoms with Crippen LogP contribution in [0, 0.1) is 5.92 Å². The second-order valence-corrected chi connectivity index (χ2v) is 6.85. The summed E-state index contributed by atoms with van der Waals surface area (Å²) in [6.07, 6.45) is 3.25. The lowest BCUT2D eigenvalue weighted by molar-refractivity contribution is -0.152. The molecule has 0 radical (unpaired) electrons. The standard InChI is InChI=1S/C16H29N3O3/c1-10(2)18(3)11-5-6-14(12(9-11)16(21)22-4)19-8-7-13(17)15(19)20/h10-14H,5-9,17H2,1-4H3/t11?,12?,13-,14?/m0/s1. The van der Waals surface area contributed by atoms with Crippen LogP contribution in [-0.4, -0.2) is 66.5 Å². The first kappa shape index (κ1) is 17.2. The van der Waals surface area contributed by atoms with Gasteiger partial charge in [0.1, 0.15) is 0 Å². The van der Waals surface area contributed by atoms with Gasteiger partial charge in [0, 0.05) is 24.7 Å². The lowest BCUT2D eigenvalue weighted by Gasteiger charge is -2.43. The molecule has 4 atom stereocenters. The lowest BCUT2D eigenvalue weighted by atomic mass is 9.80. The van der Waals surface area contributed by atoms with Crippen molar-refractivity contribution in [1.29, 1.82) is 0 Å². The van der Waals surface area contributed by atoms with Gasteiger partial charge in [-0.15, -0.1) is 0 Å². The molecule has 22 heavy (non-hydrogen) atoms. The molecule has 1 aliphatic carbocycles. The Bertz CT molecular complexity index is 427. The normalized spacial score (nSPS) is 32.9. The van der Waals surface area contributed by atoms with Crippen LogP contribution in [0.1, 0.15) is 39.5 Å². The van der Waals surface area contributed by atoms with Gasteiger partial charge in [0.2, 0.25) is 5.91 Å². The number of methoxy groups -OCH3 is 1. The number of nitrogens with zero attached hydrogens (tertiary/aromatic N) is 2. The molecule has 1 saturated heterocycles. The van der Waals surface area contributed by atoms with Gasteiger partial charge >= 0.3 is 5.97 Å². The maximum Gasteiger partial charge on any atom is 0.310 e. The van der Waals surface area contributed by atoms with Crippen molar-refractivity contribution in [3.63, 3.8) is 0 Å². The van der Waals surface area contributed by atoms with Crippen LogP contribution in [0.2, 0.25) is 0 Å². The number of nitrogens with two attached hydrogens (primary N) is 1. The van der Waals surface area contributed by atoms with Crippen LogP contribution in [0.4, 0.5) is 0 Å². The molecule has 3 unspecified atom stereocenters. The van der Waals surface area contributed by atoms with E-state index >= 15 is 0 Å². The van der Waals surface area contributed by atoms with Crippen molar-refractivity contribution in [3.05, 3.63) is 0 Å². The zero-order valence-corrected chi connectivity index (χ0v) is 14.1. The number of carbonyl (C=O) groups is 2. The maximum absolute atomic E-state index is 12.3. The first-order valence-corrected chi connectivity index (χ1v) is 8.22. The second kappa shape index (κ2) is 6.96. The van der Waals surface area contributed by atoms with E-state index in [-0.39, 0.29) is 23.8 Å². The molecule has 0 aromatic rings. The number of carbonyl (C=O) groups excluding carboxylic acids is 2. The van der Waals surface area contributed by atoms with Gasteiger partial charge in [-0.05, 0) is 46.6 Å². The summed E-state index contributed by atoms with van der Waals surface area (Å²) in [6, 6.07) is 0.313. The SMILES string of the molecule is COC(=O)C1CC(N(C)C(C)C)CCC1N1CC[C@H](N)C1=O. The molecular formula is C16H29N3O3. The van der Waals surface area contributed by atoms with Crippen molar-refractivity contribution < 1.29 is 14.3 Å². The topological polar surface area (TPSA) is 75.9 Å². The van der Waals surface area contributed by atoms with Gasteiger partial charge in [-0.1, -0.05) is 0 Å². The van der Waals surface area contributed by atoms with Gasteiger partial charge in [0.25, 0.3) is 0 Å². The molecule has 0 aromatic carbocycles. The summed E-state index contributed by atoms with van der Waals surface area (Å²) in [5, 5.41) is 0. The van der Waals surface area contributed by atoms with Crippen LogP contribution in [0.3, 0.4) is 0 Å². The Morgan fingerprint density at radius 1 is 1.36 bits per heavy atom. The molecule has 1 aliphatic heterocycles. The number of hydrogen-bond donors (Lipinski definition) is 1. The third kappa shape index (κ3) is 3.27. The van der Waals surface area contributed by atoms with Gasteiger partial charge in [0.05, 0.1) is 19.1 Å². The third-order valence-corrected chi connectivity index (χ3v) is 5.36. The largest absolute Gasteiger partial charge is 0.469 e. The van der Waals surface area contributed by atoms with Crippen molar-refractivity contribution in [2.24, 2.45) is 11.7 Å². The molecule has 0 bridgehead atoms. The first-order valence-electron chi connectivity index (χ1n) is 8.22. The lowest BCUT2D eigenvalue weighted by Crippen LogP contribution is -2.53. The number of ether oxygens (including phenoxy) is 1. The number of likely N-dealkylation sites (tertiary alicyclic amines) is 1. The Kier molecular flexibility index (Phi) is 5.45. The summed E-state index contributed by atoms with van der Waals surface area (Å²) in [6.45, 7) is 4.97. The van der Waals surface area contributed by atoms with Gasteiger partial charge in [-0.3, -0.25) is 9.59 Å². The van der Waals surface area contributed by atoms with Crippen molar-refractivity contribution in [3.8, 4) is 0 Å². The average molecular weight is 311 g/mol. The van der Waals surface area contributed by atoms with Crippen molar-refractivity contribution in [2.75, 3.05) is 20.7 Å². The molecule has 0 spiro atoms. The van der Waals surface area contributed by atoms with E-state index in [0.717, 1.165) is 19.3 Å². The second-order valence-electron chi connectivity index (χ2n) is 6.85. The van der Waals surface area contributed by atoms with Gasteiger partial charge < -0.3 is 20.3 Å². The molecule has 2 aliphatic rings. The zero-order valence-electron chi connectivity index (χ0n) is 14.1. The summed E-state index contributed by atoms with van der Waals surface area (Å²) in [4.78, 5) is 28.6. The molecule has 2 rings (SSSR count). The van der Waals surface area contributed by atoms with Gasteiger partial charge in [-0.25, -0.2) is 0 Å². The minimum Gasteiger partial charge on any atom is -0.469 e. The van der Waals surface area contributed by atoms with Gasteiger partial charge in [0.15, 0.2) is 0 Å². The number of amides is 1. The molecule has 1 heterocycles. The highest BCUT2D eigenvalue weighted by atomic mass is 16.5. The van der Waals surface area contributed by atoms with E-state index in [1.807, 2.05) is 4.90 Å². The number of esters is 1. The van der Waals surface area contributed by atoms with Crippen molar-refractivity contribution >= 4 is 11.9 Å². The van der Waals surface area contributed by atoms with Crippen molar-refractivity contribution in [1.82, 2.24) is 9.80 Å². The molecule has 126 valence electrons. The van der Waals surface area contributed by atoms with E-state index in [2.05, 4.69) is 25.8 Å². The fraction of sp³-hybridized carbons (Fsp3) is 0.875. The highest BCUT2D eigenvalue weighted by Crippen LogP contribution is 2.34. The van der Waals surface area contributed by atoms with E-state index < -0.39 is 6.04 Å². The van der Waals surface area contributed by atoms with E-state index in [1.54, 1.807) is 0 Å².